The Morgan fingerprint density at radius 2 is 2.23 bits per heavy atom. The number of carbonyl (C=O) groups is 1. The van der Waals surface area contributed by atoms with Crippen LogP contribution in [0, 0.1) is 0 Å². The molecular formula is C6H5F3N2O2. The Kier molecular flexibility index (Phi) is 2.26. The summed E-state index contributed by atoms with van der Waals surface area (Å²) >= 11 is 0. The van der Waals surface area contributed by atoms with Crippen LogP contribution in [0.4, 0.5) is 19.0 Å². The minimum atomic E-state index is -4.58. The number of alkyl halides is 3. The molecule has 0 fully saturated rings. The molecule has 1 aromatic heterocycles. The zero-order valence-electron chi connectivity index (χ0n) is 6.47. The topological polar surface area (TPSA) is 55.1 Å². The molecule has 0 unspecified atom stereocenters. The molecule has 0 aliphatic rings. The highest BCUT2D eigenvalue weighted by Crippen LogP contribution is 2.30. The lowest BCUT2D eigenvalue weighted by Gasteiger charge is -1.97. The smallest absolute Gasteiger partial charge is 0.349 e. The first-order valence-electron chi connectivity index (χ1n) is 3.21. The monoisotopic (exact) mass is 194 g/mol. The molecule has 1 N–H and O–H groups in total. The second kappa shape index (κ2) is 3.08. The molecule has 13 heavy (non-hydrogen) atoms. The molecule has 0 saturated heterocycles. The molecule has 4 nitrogen and oxygen atoms in total. The Hall–Kier alpha value is -1.53. The van der Waals surface area contributed by atoms with Crippen molar-refractivity contribution in [3.8, 4) is 0 Å². The molecule has 1 heterocycles. The number of nitrogens with zero attached hydrogens (tertiary/aromatic N) is 1. The molecule has 7 heteroatoms. The van der Waals surface area contributed by atoms with Crippen LogP contribution in [0.25, 0.3) is 0 Å². The van der Waals surface area contributed by atoms with Crippen molar-refractivity contribution >= 4 is 11.7 Å². The van der Waals surface area contributed by atoms with Gasteiger partial charge in [0.05, 0.1) is 0 Å². The predicted octanol–water partition coefficient (Wildman–Crippen LogP) is 1.65. The Balaban J connectivity index is 2.81. The first kappa shape index (κ1) is 9.56. The highest BCUT2D eigenvalue weighted by molar-refractivity contribution is 5.87. The zero-order chi connectivity index (χ0) is 10.1. The summed E-state index contributed by atoms with van der Waals surface area (Å²) in [4.78, 5) is 10.4. The standard InChI is InChI=1S/C6H5F3N2O2/c1-3(12)10-5-2-4(13-11-5)6(7,8)9/h2H,1H3,(H,10,11,12). The summed E-state index contributed by atoms with van der Waals surface area (Å²) in [6.45, 7) is 1.15. The third-order valence-electron chi connectivity index (χ3n) is 1.09. The lowest BCUT2D eigenvalue weighted by atomic mass is 10.4. The van der Waals surface area contributed by atoms with Crippen molar-refractivity contribution in [3.63, 3.8) is 0 Å². The predicted molar refractivity (Wildman–Crippen MR) is 35.8 cm³/mol. The molecule has 1 amide bonds. The molecular weight excluding hydrogens is 189 g/mol. The number of halogens is 3. The number of anilines is 1. The molecule has 0 atom stereocenters. The fourth-order valence-electron chi connectivity index (χ4n) is 0.648. The largest absolute Gasteiger partial charge is 0.452 e. The fourth-order valence-corrected chi connectivity index (χ4v) is 0.648. The molecule has 0 bridgehead atoms. The number of nitrogens with one attached hydrogen (secondary N) is 1. The zero-order valence-corrected chi connectivity index (χ0v) is 6.47. The molecule has 0 aliphatic heterocycles. The van der Waals surface area contributed by atoms with Crippen LogP contribution in [0.1, 0.15) is 12.7 Å². The van der Waals surface area contributed by atoms with Crippen LogP contribution in [0.15, 0.2) is 10.6 Å². The van der Waals surface area contributed by atoms with Crippen molar-refractivity contribution in [1.82, 2.24) is 5.16 Å². The van der Waals surface area contributed by atoms with E-state index >= 15 is 0 Å². The molecule has 0 saturated carbocycles. The first-order valence-corrected chi connectivity index (χ1v) is 3.21. The van der Waals surface area contributed by atoms with E-state index < -0.39 is 17.8 Å². The van der Waals surface area contributed by atoms with Crippen LogP contribution in [0.3, 0.4) is 0 Å². The molecule has 1 aromatic rings. The van der Waals surface area contributed by atoms with Crippen molar-refractivity contribution in [1.29, 1.82) is 0 Å². The first-order chi connectivity index (χ1) is 5.89. The molecule has 0 radical (unpaired) electrons. The number of amides is 1. The van der Waals surface area contributed by atoms with Crippen molar-refractivity contribution in [2.75, 3.05) is 5.32 Å². The van der Waals surface area contributed by atoms with Gasteiger partial charge < -0.3 is 9.84 Å². The highest BCUT2D eigenvalue weighted by atomic mass is 19.4. The van der Waals surface area contributed by atoms with E-state index in [4.69, 9.17) is 0 Å². The lowest BCUT2D eigenvalue weighted by molar-refractivity contribution is -0.155. The van der Waals surface area contributed by atoms with Crippen LogP contribution in [-0.2, 0) is 11.0 Å². The van der Waals surface area contributed by atoms with E-state index in [1.165, 1.54) is 0 Å². The van der Waals surface area contributed by atoms with Gasteiger partial charge in [-0.1, -0.05) is 5.16 Å². The van der Waals surface area contributed by atoms with Gasteiger partial charge >= 0.3 is 6.18 Å². The maximum Gasteiger partial charge on any atom is 0.452 e. The van der Waals surface area contributed by atoms with E-state index in [0.29, 0.717) is 6.07 Å². The third-order valence-corrected chi connectivity index (χ3v) is 1.09. The van der Waals surface area contributed by atoms with Crippen LogP contribution < -0.4 is 5.32 Å². The third kappa shape index (κ3) is 2.46. The molecule has 0 aliphatic carbocycles. The highest BCUT2D eigenvalue weighted by Gasteiger charge is 2.36. The normalized spacial score (nSPS) is 11.4. The Morgan fingerprint density at radius 1 is 1.62 bits per heavy atom. The molecule has 1 rings (SSSR count). The van der Waals surface area contributed by atoms with Gasteiger partial charge in [-0.15, -0.1) is 0 Å². The van der Waals surface area contributed by atoms with Gasteiger partial charge in [0, 0.05) is 13.0 Å². The fraction of sp³-hybridized carbons (Fsp3) is 0.333. The minimum Gasteiger partial charge on any atom is -0.349 e. The van der Waals surface area contributed by atoms with Gasteiger partial charge in [0.2, 0.25) is 11.7 Å². The average Bonchev–Trinajstić information content (AvgIpc) is 2.32. The number of hydrogen-bond acceptors (Lipinski definition) is 3. The number of hydrogen-bond donors (Lipinski definition) is 1. The van der Waals surface area contributed by atoms with Crippen LogP contribution in [0.2, 0.25) is 0 Å². The molecule has 0 spiro atoms. The van der Waals surface area contributed by atoms with Crippen molar-refractivity contribution in [2.24, 2.45) is 0 Å². The van der Waals surface area contributed by atoms with Crippen molar-refractivity contribution < 1.29 is 22.5 Å². The molecule has 72 valence electrons. The van der Waals surface area contributed by atoms with Gasteiger partial charge in [-0.2, -0.15) is 13.2 Å². The number of rotatable bonds is 1. The number of carbonyl (C=O) groups excluding carboxylic acids is 1. The summed E-state index contributed by atoms with van der Waals surface area (Å²) in [5.74, 6) is -2.00. The van der Waals surface area contributed by atoms with Gasteiger partial charge in [-0.3, -0.25) is 4.79 Å². The molecule has 0 aromatic carbocycles. The Bertz CT molecular complexity index is 318. The second-order valence-corrected chi connectivity index (χ2v) is 2.26. The minimum absolute atomic E-state index is 0.250. The van der Waals surface area contributed by atoms with Gasteiger partial charge in [0.25, 0.3) is 0 Å². The summed E-state index contributed by atoms with van der Waals surface area (Å²) in [7, 11) is 0. The summed E-state index contributed by atoms with van der Waals surface area (Å²) in [5.41, 5.74) is 0. The van der Waals surface area contributed by atoms with Crippen molar-refractivity contribution in [2.45, 2.75) is 13.1 Å². The number of aromatic nitrogens is 1. The van der Waals surface area contributed by atoms with Crippen LogP contribution in [0.5, 0.6) is 0 Å². The summed E-state index contributed by atoms with van der Waals surface area (Å²) in [6, 6.07) is 0.612. The summed E-state index contributed by atoms with van der Waals surface area (Å²) < 4.78 is 39.6. The van der Waals surface area contributed by atoms with Crippen molar-refractivity contribution in [3.05, 3.63) is 11.8 Å². The maximum absolute atomic E-state index is 11.9. The summed E-state index contributed by atoms with van der Waals surface area (Å²) in [6.07, 6.45) is -4.58. The van der Waals surface area contributed by atoms with E-state index in [1.807, 2.05) is 0 Å². The van der Waals surface area contributed by atoms with Gasteiger partial charge in [-0.25, -0.2) is 0 Å². The van der Waals surface area contributed by atoms with Gasteiger partial charge in [0.15, 0.2) is 5.82 Å². The SMILES string of the molecule is CC(=O)Nc1cc(C(F)(F)F)on1. The van der Waals surface area contributed by atoms with E-state index in [9.17, 15) is 18.0 Å². The van der Waals surface area contributed by atoms with E-state index in [0.717, 1.165) is 6.92 Å². The van der Waals surface area contributed by atoms with E-state index in [2.05, 4.69) is 15.0 Å². The van der Waals surface area contributed by atoms with Crippen LogP contribution >= 0.6 is 0 Å². The second-order valence-electron chi connectivity index (χ2n) is 2.26. The maximum atomic E-state index is 11.9. The van der Waals surface area contributed by atoms with E-state index in [1.54, 1.807) is 0 Å². The van der Waals surface area contributed by atoms with E-state index in [-0.39, 0.29) is 5.82 Å². The van der Waals surface area contributed by atoms with Gasteiger partial charge in [-0.05, 0) is 0 Å². The average molecular weight is 194 g/mol. The van der Waals surface area contributed by atoms with Crippen LogP contribution in [-0.4, -0.2) is 11.1 Å². The Morgan fingerprint density at radius 3 is 2.62 bits per heavy atom. The quantitative estimate of drug-likeness (QED) is 0.739. The Labute approximate surface area is 70.7 Å². The lowest BCUT2D eigenvalue weighted by Crippen LogP contribution is -2.06. The summed E-state index contributed by atoms with van der Waals surface area (Å²) in [5, 5.41) is 5.05. The van der Waals surface area contributed by atoms with Gasteiger partial charge in [0.1, 0.15) is 0 Å².